The number of carbonyl (C=O) groups is 2. The van der Waals surface area contributed by atoms with Gasteiger partial charge in [0.2, 0.25) is 0 Å². The summed E-state index contributed by atoms with van der Waals surface area (Å²) >= 11 is 0. The summed E-state index contributed by atoms with van der Waals surface area (Å²) in [6.07, 6.45) is 1.34. The van der Waals surface area contributed by atoms with Crippen LogP contribution in [-0.2, 0) is 13.6 Å². The van der Waals surface area contributed by atoms with Crippen molar-refractivity contribution in [1.29, 1.82) is 0 Å². The number of hydrogen-bond acceptors (Lipinski definition) is 4. The first-order chi connectivity index (χ1) is 11.6. The third-order valence-corrected chi connectivity index (χ3v) is 4.28. The van der Waals surface area contributed by atoms with Gasteiger partial charge in [-0.05, 0) is 5.56 Å². The maximum atomic E-state index is 12.6. The largest absolute Gasteiger partial charge is 0.477 e. The van der Waals surface area contributed by atoms with Crippen molar-refractivity contribution in [1.82, 2.24) is 19.6 Å². The molecule has 2 aromatic rings. The van der Waals surface area contributed by atoms with Crippen LogP contribution >= 0.6 is 0 Å². The molecule has 0 unspecified atom stereocenters. The number of amides is 1. The van der Waals surface area contributed by atoms with Crippen LogP contribution in [0.5, 0.6) is 0 Å². The van der Waals surface area contributed by atoms with Crippen LogP contribution in [0.2, 0.25) is 0 Å². The molecule has 7 nitrogen and oxygen atoms in total. The standard InChI is InChI=1S/C17H20N4O3/c1-19-15(17(23)24)14(11-18-19)16(22)21-9-7-20(8-10-21)12-13-5-3-2-4-6-13/h2-6,11H,7-10,12H2,1H3,(H,23,24). The van der Waals surface area contributed by atoms with Gasteiger partial charge in [-0.25, -0.2) is 4.79 Å². The number of hydrogen-bond donors (Lipinski definition) is 1. The first kappa shape index (κ1) is 16.2. The van der Waals surface area contributed by atoms with Crippen molar-refractivity contribution in [2.75, 3.05) is 26.2 Å². The molecule has 1 N–H and O–H groups in total. The summed E-state index contributed by atoms with van der Waals surface area (Å²) in [5, 5.41) is 13.2. The summed E-state index contributed by atoms with van der Waals surface area (Å²) < 4.78 is 1.22. The van der Waals surface area contributed by atoms with E-state index >= 15 is 0 Å². The highest BCUT2D eigenvalue weighted by Gasteiger charge is 2.28. The van der Waals surface area contributed by atoms with E-state index in [2.05, 4.69) is 22.1 Å². The molecule has 24 heavy (non-hydrogen) atoms. The van der Waals surface area contributed by atoms with Crippen LogP contribution in [0.1, 0.15) is 26.4 Å². The van der Waals surface area contributed by atoms with Crippen LogP contribution in [0.15, 0.2) is 36.5 Å². The Morgan fingerprint density at radius 1 is 1.12 bits per heavy atom. The lowest BCUT2D eigenvalue weighted by molar-refractivity contribution is 0.0606. The quantitative estimate of drug-likeness (QED) is 0.908. The predicted octanol–water partition coefficient (Wildman–Crippen LogP) is 1.08. The molecule has 1 amide bonds. The minimum absolute atomic E-state index is 0.0632. The van der Waals surface area contributed by atoms with Crippen LogP contribution in [0, 0.1) is 0 Å². The molecule has 7 heteroatoms. The molecular weight excluding hydrogens is 308 g/mol. The van der Waals surface area contributed by atoms with Crippen molar-refractivity contribution in [3.8, 4) is 0 Å². The van der Waals surface area contributed by atoms with E-state index in [9.17, 15) is 14.7 Å². The zero-order valence-corrected chi connectivity index (χ0v) is 13.6. The molecule has 1 aromatic heterocycles. The number of piperazine rings is 1. The Bertz CT molecular complexity index is 734. The third-order valence-electron chi connectivity index (χ3n) is 4.28. The van der Waals surface area contributed by atoms with E-state index in [0.717, 1.165) is 19.6 Å². The average molecular weight is 328 g/mol. The van der Waals surface area contributed by atoms with Crippen LogP contribution in [0.25, 0.3) is 0 Å². The van der Waals surface area contributed by atoms with Gasteiger partial charge in [-0.15, -0.1) is 0 Å². The number of carboxylic acids is 1. The van der Waals surface area contributed by atoms with Gasteiger partial charge in [-0.1, -0.05) is 30.3 Å². The highest BCUT2D eigenvalue weighted by Crippen LogP contribution is 2.14. The van der Waals surface area contributed by atoms with Crippen molar-refractivity contribution < 1.29 is 14.7 Å². The van der Waals surface area contributed by atoms with Gasteiger partial charge in [0.1, 0.15) is 0 Å². The molecule has 0 bridgehead atoms. The number of benzene rings is 1. The zero-order chi connectivity index (χ0) is 17.1. The minimum atomic E-state index is -1.14. The van der Waals surface area contributed by atoms with Crippen LogP contribution < -0.4 is 0 Å². The molecule has 1 aromatic carbocycles. The Hall–Kier alpha value is -2.67. The molecule has 2 heterocycles. The van der Waals surface area contributed by atoms with Gasteiger partial charge in [-0.3, -0.25) is 14.4 Å². The van der Waals surface area contributed by atoms with Crippen molar-refractivity contribution >= 4 is 11.9 Å². The lowest BCUT2D eigenvalue weighted by Crippen LogP contribution is -2.48. The molecule has 1 fully saturated rings. The number of aryl methyl sites for hydroxylation is 1. The SMILES string of the molecule is Cn1ncc(C(=O)N2CCN(Cc3ccccc3)CC2)c1C(=O)O. The molecule has 0 atom stereocenters. The Balaban J connectivity index is 1.62. The number of aromatic nitrogens is 2. The molecule has 0 saturated carbocycles. The summed E-state index contributed by atoms with van der Waals surface area (Å²) in [5.41, 5.74) is 1.34. The lowest BCUT2D eigenvalue weighted by Gasteiger charge is -2.34. The van der Waals surface area contributed by atoms with Gasteiger partial charge in [0.05, 0.1) is 11.8 Å². The third kappa shape index (κ3) is 3.30. The normalized spacial score (nSPS) is 15.5. The number of carboxylic acid groups (broad SMARTS) is 1. The Morgan fingerprint density at radius 3 is 2.42 bits per heavy atom. The van der Waals surface area contributed by atoms with Crippen molar-refractivity contribution in [3.05, 3.63) is 53.3 Å². The van der Waals surface area contributed by atoms with Gasteiger partial charge in [-0.2, -0.15) is 5.10 Å². The molecule has 1 aliphatic rings. The van der Waals surface area contributed by atoms with Crippen LogP contribution in [0.4, 0.5) is 0 Å². The number of rotatable bonds is 4. The van der Waals surface area contributed by atoms with Gasteiger partial charge in [0.25, 0.3) is 5.91 Å². The molecule has 1 saturated heterocycles. The van der Waals surface area contributed by atoms with Gasteiger partial charge >= 0.3 is 5.97 Å². The van der Waals surface area contributed by atoms with Gasteiger partial charge in [0.15, 0.2) is 5.69 Å². The number of aromatic carboxylic acids is 1. The first-order valence-electron chi connectivity index (χ1n) is 7.87. The van der Waals surface area contributed by atoms with Crippen molar-refractivity contribution in [3.63, 3.8) is 0 Å². The van der Waals surface area contributed by atoms with E-state index in [1.807, 2.05) is 18.2 Å². The maximum absolute atomic E-state index is 12.6. The van der Waals surface area contributed by atoms with Crippen LogP contribution in [0.3, 0.4) is 0 Å². The fourth-order valence-electron chi connectivity index (χ4n) is 2.97. The van der Waals surface area contributed by atoms with E-state index in [1.54, 1.807) is 4.90 Å². The van der Waals surface area contributed by atoms with Crippen molar-refractivity contribution in [2.24, 2.45) is 7.05 Å². The second-order valence-corrected chi connectivity index (χ2v) is 5.89. The van der Waals surface area contributed by atoms with Crippen molar-refractivity contribution in [2.45, 2.75) is 6.54 Å². The summed E-state index contributed by atoms with van der Waals surface area (Å²) in [6, 6.07) is 10.2. The summed E-state index contributed by atoms with van der Waals surface area (Å²) in [5.74, 6) is -1.40. The summed E-state index contributed by atoms with van der Waals surface area (Å²) in [4.78, 5) is 27.9. The smallest absolute Gasteiger partial charge is 0.354 e. The Kier molecular flexibility index (Phi) is 4.61. The molecule has 1 aliphatic heterocycles. The average Bonchev–Trinajstić information content (AvgIpc) is 2.98. The fourth-order valence-corrected chi connectivity index (χ4v) is 2.97. The highest BCUT2D eigenvalue weighted by atomic mass is 16.4. The van der Waals surface area contributed by atoms with Crippen LogP contribution in [-0.4, -0.2) is 62.7 Å². The number of nitrogens with zero attached hydrogens (tertiary/aromatic N) is 4. The topological polar surface area (TPSA) is 78.7 Å². The lowest BCUT2D eigenvalue weighted by atomic mass is 10.1. The van der Waals surface area contributed by atoms with E-state index in [-0.39, 0.29) is 17.2 Å². The van der Waals surface area contributed by atoms with E-state index in [1.165, 1.54) is 23.5 Å². The number of carbonyl (C=O) groups excluding carboxylic acids is 1. The first-order valence-corrected chi connectivity index (χ1v) is 7.87. The molecule has 126 valence electrons. The monoisotopic (exact) mass is 328 g/mol. The fraction of sp³-hybridized carbons (Fsp3) is 0.353. The van der Waals surface area contributed by atoms with E-state index in [4.69, 9.17) is 0 Å². The molecular formula is C17H20N4O3. The second kappa shape index (κ2) is 6.84. The molecule has 0 spiro atoms. The molecule has 0 radical (unpaired) electrons. The molecule has 3 rings (SSSR count). The van der Waals surface area contributed by atoms with Gasteiger partial charge < -0.3 is 10.0 Å². The van der Waals surface area contributed by atoms with E-state index in [0.29, 0.717) is 13.1 Å². The predicted molar refractivity (Wildman–Crippen MR) is 87.8 cm³/mol. The summed E-state index contributed by atoms with van der Waals surface area (Å²) in [7, 11) is 1.53. The van der Waals surface area contributed by atoms with Gasteiger partial charge in [0, 0.05) is 39.8 Å². The highest BCUT2D eigenvalue weighted by molar-refractivity contribution is 6.03. The Morgan fingerprint density at radius 2 is 1.79 bits per heavy atom. The van der Waals surface area contributed by atoms with E-state index < -0.39 is 5.97 Å². The minimum Gasteiger partial charge on any atom is -0.477 e. The summed E-state index contributed by atoms with van der Waals surface area (Å²) in [6.45, 7) is 3.56. The Labute approximate surface area is 140 Å². The zero-order valence-electron chi connectivity index (χ0n) is 13.6. The maximum Gasteiger partial charge on any atom is 0.354 e. The molecule has 0 aliphatic carbocycles. The second-order valence-electron chi connectivity index (χ2n) is 5.89.